The van der Waals surface area contributed by atoms with Gasteiger partial charge in [0, 0.05) is 5.56 Å². The van der Waals surface area contributed by atoms with Crippen molar-refractivity contribution in [3.63, 3.8) is 0 Å². The Labute approximate surface area is 210 Å². The maximum Gasteiger partial charge on any atom is 0.339 e. The first kappa shape index (κ1) is 29.3. The summed E-state index contributed by atoms with van der Waals surface area (Å²) in [6.45, 7) is 1.57. The first-order chi connectivity index (χ1) is 17.4. The van der Waals surface area contributed by atoms with Crippen molar-refractivity contribution >= 4 is 11.9 Å². The third-order valence-corrected chi connectivity index (χ3v) is 5.88. The fraction of sp³-hybridized carbons (Fsp3) is 0.500. The van der Waals surface area contributed by atoms with E-state index in [1.165, 1.54) is 63.1 Å². The SMILES string of the molecule is CCCCCCCCCCCCCOC(=O)c1ccccc1C(=O)OCc1cc(F)c(F)c(F)c1F. The summed E-state index contributed by atoms with van der Waals surface area (Å²) in [4.78, 5) is 24.9. The molecule has 0 heterocycles. The monoisotopic (exact) mass is 510 g/mol. The highest BCUT2D eigenvalue weighted by atomic mass is 19.2. The maximum absolute atomic E-state index is 13.8. The van der Waals surface area contributed by atoms with E-state index < -0.39 is 47.4 Å². The van der Waals surface area contributed by atoms with Crippen molar-refractivity contribution in [1.29, 1.82) is 0 Å². The fourth-order valence-electron chi connectivity index (χ4n) is 3.80. The van der Waals surface area contributed by atoms with Gasteiger partial charge in [0.05, 0.1) is 17.7 Å². The smallest absolute Gasteiger partial charge is 0.339 e. The summed E-state index contributed by atoms with van der Waals surface area (Å²) in [6.07, 6.45) is 12.8. The highest BCUT2D eigenvalue weighted by molar-refractivity contribution is 6.03. The van der Waals surface area contributed by atoms with Crippen molar-refractivity contribution in [3.05, 3.63) is 70.3 Å². The molecule has 2 aromatic carbocycles. The molecule has 0 fully saturated rings. The second kappa shape index (κ2) is 16.0. The number of benzene rings is 2. The van der Waals surface area contributed by atoms with E-state index >= 15 is 0 Å². The van der Waals surface area contributed by atoms with Crippen molar-refractivity contribution < 1.29 is 36.6 Å². The Morgan fingerprint density at radius 3 is 1.72 bits per heavy atom. The minimum Gasteiger partial charge on any atom is -0.462 e. The zero-order chi connectivity index (χ0) is 26.3. The third-order valence-electron chi connectivity index (χ3n) is 5.88. The molecule has 0 radical (unpaired) electrons. The lowest BCUT2D eigenvalue weighted by molar-refractivity contribution is 0.0432. The molecule has 0 aliphatic heterocycles. The Morgan fingerprint density at radius 1 is 0.667 bits per heavy atom. The molecule has 2 aromatic rings. The Kier molecular flexibility index (Phi) is 13.0. The van der Waals surface area contributed by atoms with Crippen LogP contribution in [0.5, 0.6) is 0 Å². The molecule has 0 spiro atoms. The van der Waals surface area contributed by atoms with Gasteiger partial charge in [0.15, 0.2) is 23.3 Å². The zero-order valence-corrected chi connectivity index (χ0v) is 20.7. The molecule has 8 heteroatoms. The average molecular weight is 511 g/mol. The number of ether oxygens (including phenoxy) is 2. The van der Waals surface area contributed by atoms with Gasteiger partial charge in [-0.1, -0.05) is 83.3 Å². The van der Waals surface area contributed by atoms with Crippen LogP contribution in [0, 0.1) is 23.3 Å². The normalized spacial score (nSPS) is 10.9. The molecule has 0 atom stereocenters. The number of hydrogen-bond acceptors (Lipinski definition) is 4. The lowest BCUT2D eigenvalue weighted by Gasteiger charge is -2.11. The second-order valence-electron chi connectivity index (χ2n) is 8.75. The van der Waals surface area contributed by atoms with Gasteiger partial charge in [-0.25, -0.2) is 27.2 Å². The van der Waals surface area contributed by atoms with Crippen LogP contribution in [0.3, 0.4) is 0 Å². The van der Waals surface area contributed by atoms with Crippen LogP contribution in [0.4, 0.5) is 17.6 Å². The predicted molar refractivity (Wildman–Crippen MR) is 129 cm³/mol. The number of rotatable bonds is 16. The van der Waals surface area contributed by atoms with E-state index in [4.69, 9.17) is 9.47 Å². The van der Waals surface area contributed by atoms with Crippen molar-refractivity contribution in [2.75, 3.05) is 6.61 Å². The molecule has 0 aliphatic carbocycles. The van der Waals surface area contributed by atoms with Gasteiger partial charge in [-0.3, -0.25) is 0 Å². The quantitative estimate of drug-likeness (QED) is 0.0753. The summed E-state index contributed by atoms with van der Waals surface area (Å²) in [5, 5.41) is 0. The lowest BCUT2D eigenvalue weighted by atomic mass is 10.1. The summed E-state index contributed by atoms with van der Waals surface area (Å²) in [6, 6.07) is 6.16. The number of halogens is 4. The zero-order valence-electron chi connectivity index (χ0n) is 20.7. The summed E-state index contributed by atoms with van der Waals surface area (Å²) in [5.41, 5.74) is -0.844. The molecule has 0 amide bonds. The van der Waals surface area contributed by atoms with Gasteiger partial charge in [-0.15, -0.1) is 0 Å². The molecule has 0 aromatic heterocycles. The van der Waals surface area contributed by atoms with Crippen molar-refractivity contribution in [2.45, 2.75) is 84.2 Å². The molecular weight excluding hydrogens is 476 g/mol. The first-order valence-corrected chi connectivity index (χ1v) is 12.6. The van der Waals surface area contributed by atoms with Crippen LogP contribution in [-0.4, -0.2) is 18.5 Å². The predicted octanol–water partition coefficient (Wildman–Crippen LogP) is 8.07. The largest absolute Gasteiger partial charge is 0.462 e. The summed E-state index contributed by atoms with van der Waals surface area (Å²) < 4.78 is 63.8. The van der Waals surface area contributed by atoms with Gasteiger partial charge in [-0.05, 0) is 24.6 Å². The molecule has 0 N–H and O–H groups in total. The number of unbranched alkanes of at least 4 members (excludes halogenated alkanes) is 10. The Bertz CT molecular complexity index is 994. The van der Waals surface area contributed by atoms with Crippen molar-refractivity contribution in [1.82, 2.24) is 0 Å². The summed E-state index contributed by atoms with van der Waals surface area (Å²) >= 11 is 0. The maximum atomic E-state index is 13.8. The molecule has 0 bridgehead atoms. The van der Waals surface area contributed by atoms with E-state index in [0.717, 1.165) is 19.3 Å². The van der Waals surface area contributed by atoms with Crippen LogP contribution in [-0.2, 0) is 16.1 Å². The molecule has 0 saturated carbocycles. The van der Waals surface area contributed by atoms with Crippen LogP contribution >= 0.6 is 0 Å². The minimum atomic E-state index is -1.99. The molecule has 0 saturated heterocycles. The van der Waals surface area contributed by atoms with Gasteiger partial charge in [0.25, 0.3) is 0 Å². The molecule has 0 unspecified atom stereocenters. The average Bonchev–Trinajstić information content (AvgIpc) is 2.89. The molecule has 198 valence electrons. The number of carbonyl (C=O) groups excluding carboxylic acids is 2. The summed E-state index contributed by atoms with van der Waals surface area (Å²) in [5.74, 6) is -8.92. The van der Waals surface area contributed by atoms with Crippen LogP contribution in [0.1, 0.15) is 104 Å². The number of carbonyl (C=O) groups is 2. The fourth-order valence-corrected chi connectivity index (χ4v) is 3.80. The van der Waals surface area contributed by atoms with E-state index in [1.54, 1.807) is 6.07 Å². The molecule has 0 aliphatic rings. The minimum absolute atomic E-state index is 0.0393. The lowest BCUT2D eigenvalue weighted by Crippen LogP contribution is -2.15. The van der Waals surface area contributed by atoms with E-state index in [1.807, 2.05) is 0 Å². The van der Waals surface area contributed by atoms with Crippen molar-refractivity contribution in [2.24, 2.45) is 0 Å². The molecular formula is C28H34F4O4. The van der Waals surface area contributed by atoms with E-state index in [0.29, 0.717) is 12.5 Å². The van der Waals surface area contributed by atoms with Crippen LogP contribution in [0.2, 0.25) is 0 Å². The number of esters is 2. The van der Waals surface area contributed by atoms with Crippen molar-refractivity contribution in [3.8, 4) is 0 Å². The Balaban J connectivity index is 1.75. The number of hydrogen-bond donors (Lipinski definition) is 0. The van der Waals surface area contributed by atoms with E-state index in [9.17, 15) is 27.2 Å². The van der Waals surface area contributed by atoms with Gasteiger partial charge in [0.2, 0.25) is 0 Å². The van der Waals surface area contributed by atoms with Gasteiger partial charge in [-0.2, -0.15) is 0 Å². The van der Waals surface area contributed by atoms with E-state index in [-0.39, 0.29) is 17.7 Å². The highest BCUT2D eigenvalue weighted by Crippen LogP contribution is 2.20. The van der Waals surface area contributed by atoms with Gasteiger partial charge in [0.1, 0.15) is 6.61 Å². The van der Waals surface area contributed by atoms with Crippen LogP contribution in [0.25, 0.3) is 0 Å². The molecule has 36 heavy (non-hydrogen) atoms. The van der Waals surface area contributed by atoms with Gasteiger partial charge < -0.3 is 9.47 Å². The second-order valence-corrected chi connectivity index (χ2v) is 8.75. The molecule has 2 rings (SSSR count). The van der Waals surface area contributed by atoms with Gasteiger partial charge >= 0.3 is 11.9 Å². The van der Waals surface area contributed by atoms with E-state index in [2.05, 4.69) is 6.92 Å². The Hall–Kier alpha value is -2.90. The van der Waals surface area contributed by atoms with Crippen LogP contribution in [0.15, 0.2) is 30.3 Å². The Morgan fingerprint density at radius 2 is 1.17 bits per heavy atom. The standard InChI is InChI=1S/C28H34F4O4/c1-2-3-4-5-6-7-8-9-10-11-14-17-35-27(33)21-15-12-13-16-22(21)28(34)36-19-20-18-23(29)25(31)26(32)24(20)30/h12-13,15-16,18H,2-11,14,17,19H2,1H3. The first-order valence-electron chi connectivity index (χ1n) is 12.6. The third kappa shape index (κ3) is 9.28. The topological polar surface area (TPSA) is 52.6 Å². The highest BCUT2D eigenvalue weighted by Gasteiger charge is 2.22. The molecule has 4 nitrogen and oxygen atoms in total. The summed E-state index contributed by atoms with van der Waals surface area (Å²) in [7, 11) is 0. The van der Waals surface area contributed by atoms with Crippen LogP contribution < -0.4 is 0 Å².